The number of aryl methyl sites for hydroxylation is 1. The number of hydrogen-bond donors (Lipinski definition) is 0. The number of rotatable bonds is 13. The van der Waals surface area contributed by atoms with E-state index in [1.54, 1.807) is 0 Å². The second-order valence-corrected chi connectivity index (χ2v) is 8.25. The summed E-state index contributed by atoms with van der Waals surface area (Å²) < 4.78 is 5.37. The van der Waals surface area contributed by atoms with Gasteiger partial charge in [-0.15, -0.1) is 0 Å². The van der Waals surface area contributed by atoms with Gasteiger partial charge in [0, 0.05) is 5.56 Å². The van der Waals surface area contributed by atoms with Crippen LogP contribution in [0.1, 0.15) is 95.4 Å². The zero-order chi connectivity index (χ0) is 19.7. The van der Waals surface area contributed by atoms with Gasteiger partial charge in [-0.3, -0.25) is 0 Å². The van der Waals surface area contributed by atoms with Crippen LogP contribution in [0.5, 0.6) is 0 Å². The fourth-order valence-electron chi connectivity index (χ4n) is 3.68. The van der Waals surface area contributed by atoms with E-state index in [1.165, 1.54) is 69.8 Å². The zero-order valence-electron chi connectivity index (χ0n) is 17.3. The van der Waals surface area contributed by atoms with Gasteiger partial charge >= 0.3 is 0 Å². The molecule has 0 bridgehead atoms. The van der Waals surface area contributed by atoms with Crippen molar-refractivity contribution < 1.29 is 4.52 Å². The molecule has 1 aromatic heterocycles. The van der Waals surface area contributed by atoms with Crippen LogP contribution in [-0.4, -0.2) is 10.1 Å². The molecule has 1 fully saturated rings. The zero-order valence-corrected chi connectivity index (χ0v) is 17.3. The molecule has 0 radical (unpaired) electrons. The Balaban J connectivity index is 1.33. The van der Waals surface area contributed by atoms with E-state index in [1.807, 2.05) is 0 Å². The average molecular weight is 380 g/mol. The second-order valence-electron chi connectivity index (χ2n) is 8.25. The Morgan fingerprint density at radius 1 is 0.929 bits per heavy atom. The maximum absolute atomic E-state index is 9.25. The molecule has 0 atom stereocenters. The summed E-state index contributed by atoms with van der Waals surface area (Å²) in [5.41, 5.74) is 1.80. The predicted octanol–water partition coefficient (Wildman–Crippen LogP) is 6.76. The number of unbranched alkanes of at least 4 members (excludes halogenated alkanes) is 9. The molecule has 0 saturated heterocycles. The van der Waals surface area contributed by atoms with Gasteiger partial charge in [0.25, 0.3) is 5.89 Å². The summed E-state index contributed by atoms with van der Waals surface area (Å²) in [5, 5.41) is 13.3. The minimum atomic E-state index is -0.489. The molecule has 1 aromatic carbocycles. The largest absolute Gasteiger partial charge is 0.334 e. The van der Waals surface area contributed by atoms with Crippen molar-refractivity contribution in [3.05, 3.63) is 35.7 Å². The van der Waals surface area contributed by atoms with E-state index in [0.29, 0.717) is 11.7 Å². The lowest BCUT2D eigenvalue weighted by Crippen LogP contribution is -2.04. The monoisotopic (exact) mass is 379 g/mol. The molecular formula is C24H33N3O. The van der Waals surface area contributed by atoms with Crippen LogP contribution in [0.15, 0.2) is 28.8 Å². The van der Waals surface area contributed by atoms with E-state index in [9.17, 15) is 5.26 Å². The SMILES string of the molecule is CCCCCCCCCCCCc1ccc(-c2nc(C3(C#N)CC3)no2)cc1. The van der Waals surface area contributed by atoms with Crippen LogP contribution in [0.3, 0.4) is 0 Å². The smallest absolute Gasteiger partial charge is 0.257 e. The summed E-state index contributed by atoms with van der Waals surface area (Å²) in [6.45, 7) is 2.27. The summed E-state index contributed by atoms with van der Waals surface area (Å²) in [6, 6.07) is 10.7. The number of benzene rings is 1. The molecule has 2 aromatic rings. The van der Waals surface area contributed by atoms with Gasteiger partial charge in [-0.25, -0.2) is 0 Å². The van der Waals surface area contributed by atoms with Crippen molar-refractivity contribution in [3.63, 3.8) is 0 Å². The van der Waals surface area contributed by atoms with Crippen LogP contribution in [0.2, 0.25) is 0 Å². The third-order valence-corrected chi connectivity index (χ3v) is 5.84. The third-order valence-electron chi connectivity index (χ3n) is 5.84. The lowest BCUT2D eigenvalue weighted by atomic mass is 10.0. The quantitative estimate of drug-likeness (QED) is 0.361. The predicted molar refractivity (Wildman–Crippen MR) is 112 cm³/mol. The fourth-order valence-corrected chi connectivity index (χ4v) is 3.68. The van der Waals surface area contributed by atoms with Crippen molar-refractivity contribution in [2.45, 2.75) is 95.8 Å². The summed E-state index contributed by atoms with van der Waals surface area (Å²) >= 11 is 0. The highest BCUT2D eigenvalue weighted by atomic mass is 16.5. The van der Waals surface area contributed by atoms with Crippen LogP contribution in [0, 0.1) is 11.3 Å². The molecule has 150 valence electrons. The summed E-state index contributed by atoms with van der Waals surface area (Å²) in [6.07, 6.45) is 16.5. The molecular weight excluding hydrogens is 346 g/mol. The minimum Gasteiger partial charge on any atom is -0.334 e. The maximum atomic E-state index is 9.25. The molecule has 0 aliphatic heterocycles. The normalized spacial score (nSPS) is 14.7. The number of aromatic nitrogens is 2. The summed E-state index contributed by atoms with van der Waals surface area (Å²) in [5.74, 6) is 1.06. The summed E-state index contributed by atoms with van der Waals surface area (Å²) in [7, 11) is 0. The topological polar surface area (TPSA) is 62.7 Å². The molecule has 4 nitrogen and oxygen atoms in total. The Morgan fingerprint density at radius 2 is 1.54 bits per heavy atom. The Hall–Kier alpha value is -2.15. The van der Waals surface area contributed by atoms with E-state index < -0.39 is 5.41 Å². The Kier molecular flexibility index (Phi) is 7.65. The van der Waals surface area contributed by atoms with Crippen molar-refractivity contribution in [2.75, 3.05) is 0 Å². The second kappa shape index (κ2) is 10.4. The van der Waals surface area contributed by atoms with E-state index in [0.717, 1.165) is 24.8 Å². The minimum absolute atomic E-state index is 0.489. The first-order chi connectivity index (χ1) is 13.8. The number of hydrogen-bond acceptors (Lipinski definition) is 4. The number of nitriles is 1. The Morgan fingerprint density at radius 3 is 2.11 bits per heavy atom. The van der Waals surface area contributed by atoms with Gasteiger partial charge < -0.3 is 4.52 Å². The van der Waals surface area contributed by atoms with Gasteiger partial charge in [-0.05, 0) is 43.4 Å². The van der Waals surface area contributed by atoms with Crippen molar-refractivity contribution in [1.82, 2.24) is 10.1 Å². The number of nitrogens with zero attached hydrogens (tertiary/aromatic N) is 3. The maximum Gasteiger partial charge on any atom is 0.257 e. The highest BCUT2D eigenvalue weighted by Gasteiger charge is 2.49. The van der Waals surface area contributed by atoms with Gasteiger partial charge in [-0.1, -0.05) is 82.0 Å². The third kappa shape index (κ3) is 5.67. The van der Waals surface area contributed by atoms with Gasteiger partial charge in [0.15, 0.2) is 5.82 Å². The van der Waals surface area contributed by atoms with Gasteiger partial charge in [0.1, 0.15) is 5.41 Å². The molecule has 0 amide bonds. The van der Waals surface area contributed by atoms with Crippen LogP contribution in [0.25, 0.3) is 11.5 Å². The highest BCUT2D eigenvalue weighted by Crippen LogP contribution is 2.46. The van der Waals surface area contributed by atoms with E-state index in [4.69, 9.17) is 4.52 Å². The van der Waals surface area contributed by atoms with Crippen molar-refractivity contribution in [1.29, 1.82) is 5.26 Å². The standard InChI is InChI=1S/C24H33N3O/c1-2-3-4-5-6-7-8-9-10-11-12-20-13-15-21(16-14-20)22-26-23(27-28-22)24(19-25)17-18-24/h13-16H,2-12,17-18H2,1H3. The lowest BCUT2D eigenvalue weighted by Gasteiger charge is -2.04. The average Bonchev–Trinajstić information content (AvgIpc) is 3.38. The van der Waals surface area contributed by atoms with Crippen LogP contribution >= 0.6 is 0 Å². The first-order valence-corrected chi connectivity index (χ1v) is 11.1. The first-order valence-electron chi connectivity index (χ1n) is 11.1. The van der Waals surface area contributed by atoms with Crippen molar-refractivity contribution >= 4 is 0 Å². The molecule has 28 heavy (non-hydrogen) atoms. The molecule has 1 aliphatic carbocycles. The van der Waals surface area contributed by atoms with E-state index in [2.05, 4.69) is 47.4 Å². The highest BCUT2D eigenvalue weighted by molar-refractivity contribution is 5.53. The van der Waals surface area contributed by atoms with Crippen molar-refractivity contribution in [2.24, 2.45) is 0 Å². The molecule has 1 saturated carbocycles. The fraction of sp³-hybridized carbons (Fsp3) is 0.625. The van der Waals surface area contributed by atoms with Crippen LogP contribution in [-0.2, 0) is 11.8 Å². The van der Waals surface area contributed by atoms with Crippen LogP contribution < -0.4 is 0 Å². The van der Waals surface area contributed by atoms with Crippen molar-refractivity contribution in [3.8, 4) is 17.5 Å². The van der Waals surface area contributed by atoms with E-state index in [-0.39, 0.29) is 0 Å². The Bertz CT molecular complexity index is 753. The van der Waals surface area contributed by atoms with Crippen LogP contribution in [0.4, 0.5) is 0 Å². The van der Waals surface area contributed by atoms with Gasteiger partial charge in [0.2, 0.25) is 0 Å². The molecule has 4 heteroatoms. The molecule has 0 N–H and O–H groups in total. The molecule has 0 spiro atoms. The molecule has 0 unspecified atom stereocenters. The van der Waals surface area contributed by atoms with Gasteiger partial charge in [0.05, 0.1) is 6.07 Å². The molecule has 1 aliphatic rings. The first kappa shape index (κ1) is 20.6. The Labute approximate surface area is 169 Å². The van der Waals surface area contributed by atoms with Gasteiger partial charge in [-0.2, -0.15) is 10.2 Å². The van der Waals surface area contributed by atoms with E-state index >= 15 is 0 Å². The summed E-state index contributed by atoms with van der Waals surface area (Å²) in [4.78, 5) is 4.44. The lowest BCUT2D eigenvalue weighted by molar-refractivity contribution is 0.419. The molecule has 3 rings (SSSR count). The molecule has 1 heterocycles.